The predicted molar refractivity (Wildman–Crippen MR) is 82.7 cm³/mol. The first kappa shape index (κ1) is 12.5. The van der Waals surface area contributed by atoms with Crippen molar-refractivity contribution in [2.75, 3.05) is 7.11 Å². The normalized spacial score (nSPS) is 10.2. The zero-order valence-electron chi connectivity index (χ0n) is 11.3. The molecule has 0 amide bonds. The maximum absolute atomic E-state index is 5.54. The lowest BCUT2D eigenvalue weighted by molar-refractivity contribution is 0.416. The van der Waals surface area contributed by atoms with Gasteiger partial charge in [-0.15, -0.1) is 0 Å². The molecule has 0 aliphatic heterocycles. The van der Waals surface area contributed by atoms with Crippen LogP contribution in [-0.4, -0.2) is 7.11 Å². The van der Waals surface area contributed by atoms with E-state index in [1.54, 1.807) is 7.11 Å². The Labute approximate surface area is 119 Å². The van der Waals surface area contributed by atoms with Gasteiger partial charge in [0.2, 0.25) is 0 Å². The van der Waals surface area contributed by atoms with Gasteiger partial charge < -0.3 is 4.74 Å². The highest BCUT2D eigenvalue weighted by Gasteiger charge is 2.12. The Kier molecular flexibility index (Phi) is 3.51. The second kappa shape index (κ2) is 5.62. The van der Waals surface area contributed by atoms with Crippen LogP contribution in [0.25, 0.3) is 22.3 Å². The first-order chi connectivity index (χ1) is 9.90. The number of methoxy groups -OCH3 is 1. The molecule has 20 heavy (non-hydrogen) atoms. The van der Waals surface area contributed by atoms with Crippen molar-refractivity contribution < 1.29 is 4.74 Å². The Balaban J connectivity index is 2.26. The molecule has 0 unspecified atom stereocenters. The van der Waals surface area contributed by atoms with Gasteiger partial charge in [-0.25, -0.2) is 0 Å². The molecular weight excluding hydrogens is 244 g/mol. The van der Waals surface area contributed by atoms with Crippen LogP contribution >= 0.6 is 0 Å². The lowest BCUT2D eigenvalue weighted by Crippen LogP contribution is -1.91. The highest BCUT2D eigenvalue weighted by molar-refractivity contribution is 5.87. The summed E-state index contributed by atoms with van der Waals surface area (Å²) >= 11 is 0. The van der Waals surface area contributed by atoms with Crippen molar-refractivity contribution in [1.82, 2.24) is 0 Å². The topological polar surface area (TPSA) is 9.23 Å². The van der Waals surface area contributed by atoms with Crippen molar-refractivity contribution in [3.8, 4) is 28.0 Å². The predicted octanol–water partition coefficient (Wildman–Crippen LogP) is 4.83. The van der Waals surface area contributed by atoms with Crippen LogP contribution in [0.3, 0.4) is 0 Å². The summed E-state index contributed by atoms with van der Waals surface area (Å²) in [6, 6.07) is 27.8. The van der Waals surface area contributed by atoms with Crippen molar-refractivity contribution in [2.45, 2.75) is 0 Å². The number of rotatable bonds is 3. The van der Waals surface area contributed by atoms with Crippen molar-refractivity contribution in [3.05, 3.63) is 78.9 Å². The second-order valence-electron chi connectivity index (χ2n) is 4.53. The Bertz CT molecular complexity index is 687. The molecule has 0 aromatic heterocycles. The lowest BCUT2D eigenvalue weighted by atomic mass is 9.94. The van der Waals surface area contributed by atoms with E-state index in [1.807, 2.05) is 48.5 Å². The van der Waals surface area contributed by atoms with Gasteiger partial charge in [0.05, 0.1) is 7.11 Å². The molecule has 0 saturated carbocycles. The Morgan fingerprint density at radius 1 is 0.750 bits per heavy atom. The van der Waals surface area contributed by atoms with Crippen LogP contribution in [0.2, 0.25) is 0 Å². The van der Waals surface area contributed by atoms with Crippen LogP contribution in [-0.2, 0) is 0 Å². The van der Waals surface area contributed by atoms with Gasteiger partial charge in [-0.1, -0.05) is 66.7 Å². The van der Waals surface area contributed by atoms with Gasteiger partial charge >= 0.3 is 0 Å². The fourth-order valence-corrected chi connectivity index (χ4v) is 2.37. The zero-order valence-corrected chi connectivity index (χ0v) is 11.3. The molecular formula is C19H15O. The molecule has 97 valence electrons. The van der Waals surface area contributed by atoms with Crippen LogP contribution in [0.5, 0.6) is 5.75 Å². The molecule has 1 radical (unpaired) electrons. The van der Waals surface area contributed by atoms with Gasteiger partial charge in [0, 0.05) is 11.1 Å². The van der Waals surface area contributed by atoms with Crippen LogP contribution in [0.15, 0.2) is 72.8 Å². The van der Waals surface area contributed by atoms with E-state index in [0.717, 1.165) is 28.0 Å². The highest BCUT2D eigenvalue weighted by atomic mass is 16.5. The maximum atomic E-state index is 5.54. The standard InChI is InChI=1S/C19H15O/c1-20-18-14-8-13-17(15-9-4-2-5-10-15)19(18)16-11-6-3-7-12-16/h2-12,14H,1H3. The molecule has 3 aromatic rings. The Morgan fingerprint density at radius 2 is 1.35 bits per heavy atom. The van der Waals surface area contributed by atoms with Crippen molar-refractivity contribution >= 4 is 0 Å². The third kappa shape index (κ3) is 2.30. The van der Waals surface area contributed by atoms with Crippen molar-refractivity contribution in [3.63, 3.8) is 0 Å². The van der Waals surface area contributed by atoms with E-state index < -0.39 is 0 Å². The fourth-order valence-electron chi connectivity index (χ4n) is 2.37. The van der Waals surface area contributed by atoms with Gasteiger partial charge in [0.15, 0.2) is 0 Å². The van der Waals surface area contributed by atoms with E-state index in [1.165, 1.54) is 0 Å². The summed E-state index contributed by atoms with van der Waals surface area (Å²) in [6.45, 7) is 0. The minimum atomic E-state index is 0.869. The summed E-state index contributed by atoms with van der Waals surface area (Å²) in [6.07, 6.45) is 0. The lowest BCUT2D eigenvalue weighted by Gasteiger charge is -2.14. The van der Waals surface area contributed by atoms with Crippen LogP contribution < -0.4 is 4.74 Å². The summed E-state index contributed by atoms with van der Waals surface area (Å²) in [7, 11) is 1.70. The smallest absolute Gasteiger partial charge is 0.127 e. The Hall–Kier alpha value is -2.54. The van der Waals surface area contributed by atoms with E-state index in [9.17, 15) is 0 Å². The van der Waals surface area contributed by atoms with E-state index in [0.29, 0.717) is 0 Å². The quantitative estimate of drug-likeness (QED) is 0.654. The van der Waals surface area contributed by atoms with E-state index >= 15 is 0 Å². The van der Waals surface area contributed by atoms with Crippen molar-refractivity contribution in [2.24, 2.45) is 0 Å². The summed E-state index contributed by atoms with van der Waals surface area (Å²) in [5.41, 5.74) is 4.43. The van der Waals surface area contributed by atoms with Crippen LogP contribution in [0, 0.1) is 6.07 Å². The van der Waals surface area contributed by atoms with Gasteiger partial charge in [-0.3, -0.25) is 0 Å². The zero-order chi connectivity index (χ0) is 13.8. The first-order valence-corrected chi connectivity index (χ1v) is 6.59. The molecule has 3 rings (SSSR count). The summed E-state index contributed by atoms with van der Waals surface area (Å²) in [4.78, 5) is 0. The van der Waals surface area contributed by atoms with E-state index in [4.69, 9.17) is 4.74 Å². The average molecular weight is 259 g/mol. The van der Waals surface area contributed by atoms with Gasteiger partial charge in [0.25, 0.3) is 0 Å². The summed E-state index contributed by atoms with van der Waals surface area (Å²) < 4.78 is 5.54. The fraction of sp³-hybridized carbons (Fsp3) is 0.0526. The average Bonchev–Trinajstić information content (AvgIpc) is 2.55. The van der Waals surface area contributed by atoms with Gasteiger partial charge in [-0.05, 0) is 23.3 Å². The maximum Gasteiger partial charge on any atom is 0.127 e. The van der Waals surface area contributed by atoms with Crippen LogP contribution in [0.4, 0.5) is 0 Å². The highest BCUT2D eigenvalue weighted by Crippen LogP contribution is 2.38. The molecule has 0 saturated heterocycles. The third-order valence-electron chi connectivity index (χ3n) is 3.30. The monoisotopic (exact) mass is 259 g/mol. The molecule has 0 N–H and O–H groups in total. The van der Waals surface area contributed by atoms with E-state index in [2.05, 4.69) is 30.3 Å². The van der Waals surface area contributed by atoms with Gasteiger partial charge in [-0.2, -0.15) is 0 Å². The molecule has 0 spiro atoms. The minimum Gasteiger partial charge on any atom is -0.496 e. The molecule has 0 fully saturated rings. The molecule has 0 atom stereocenters. The molecule has 0 heterocycles. The Morgan fingerprint density at radius 3 is 1.95 bits per heavy atom. The van der Waals surface area contributed by atoms with Crippen molar-refractivity contribution in [1.29, 1.82) is 0 Å². The molecule has 0 bridgehead atoms. The molecule has 0 aliphatic carbocycles. The molecule has 3 aromatic carbocycles. The number of hydrogen-bond acceptors (Lipinski definition) is 1. The molecule has 1 nitrogen and oxygen atoms in total. The third-order valence-corrected chi connectivity index (χ3v) is 3.30. The largest absolute Gasteiger partial charge is 0.496 e. The van der Waals surface area contributed by atoms with Gasteiger partial charge in [0.1, 0.15) is 5.75 Å². The number of hydrogen-bond donors (Lipinski definition) is 0. The number of ether oxygens (including phenoxy) is 1. The SMILES string of the molecule is COc1cc[c]c(-c2ccccc2)c1-c1ccccc1. The summed E-state index contributed by atoms with van der Waals surface area (Å²) in [5, 5.41) is 0. The summed E-state index contributed by atoms with van der Waals surface area (Å²) in [5.74, 6) is 0.869. The minimum absolute atomic E-state index is 0.869. The number of benzene rings is 3. The van der Waals surface area contributed by atoms with E-state index in [-0.39, 0.29) is 0 Å². The molecule has 1 heteroatoms. The second-order valence-corrected chi connectivity index (χ2v) is 4.53. The first-order valence-electron chi connectivity index (χ1n) is 6.59. The van der Waals surface area contributed by atoms with Crippen LogP contribution in [0.1, 0.15) is 0 Å². The molecule has 0 aliphatic rings.